The molecule has 0 saturated heterocycles. The van der Waals surface area contributed by atoms with E-state index in [2.05, 4.69) is 4.98 Å². The lowest BCUT2D eigenvalue weighted by Crippen LogP contribution is -2.45. The van der Waals surface area contributed by atoms with Gasteiger partial charge < -0.3 is 9.84 Å². The lowest BCUT2D eigenvalue weighted by atomic mass is 10.00. The molecule has 3 aromatic rings. The molecule has 0 amide bonds. The van der Waals surface area contributed by atoms with Crippen LogP contribution in [0.25, 0.3) is 21.3 Å². The van der Waals surface area contributed by atoms with Gasteiger partial charge in [0.1, 0.15) is 16.2 Å². The molecule has 0 saturated carbocycles. The van der Waals surface area contributed by atoms with Crippen LogP contribution in [0.15, 0.2) is 28.4 Å². The Bertz CT molecular complexity index is 1110. The van der Waals surface area contributed by atoms with Gasteiger partial charge in [0.15, 0.2) is 0 Å². The molecule has 28 heavy (non-hydrogen) atoms. The van der Waals surface area contributed by atoms with Crippen molar-refractivity contribution in [1.82, 2.24) is 9.55 Å². The Hall–Kier alpha value is -2.51. The van der Waals surface area contributed by atoms with Crippen molar-refractivity contribution in [3.63, 3.8) is 0 Å². The van der Waals surface area contributed by atoms with Gasteiger partial charge in [-0.25, -0.2) is 9.78 Å². The van der Waals surface area contributed by atoms with E-state index in [0.717, 1.165) is 16.7 Å². The van der Waals surface area contributed by atoms with Gasteiger partial charge >= 0.3 is 5.97 Å². The number of ether oxygens (including phenoxy) is 1. The number of aryl methyl sites for hydroxylation is 2. The normalized spacial score (nSPS) is 11.9. The standard InChI is InChI=1S/C21H24N2O4S/c1-12-6-7-14(10-13(12)2)15-11-28-18-17(15)19(24)23(21(3,4)20(25)26)16(22-18)8-9-27-5/h6-7,10-11H,8-9H2,1-5H3,(H,25,26). The van der Waals surface area contributed by atoms with Gasteiger partial charge in [0.05, 0.1) is 12.0 Å². The first kappa shape index (κ1) is 20.2. The van der Waals surface area contributed by atoms with Gasteiger partial charge in [0, 0.05) is 24.5 Å². The molecule has 0 aliphatic carbocycles. The van der Waals surface area contributed by atoms with Crippen LogP contribution < -0.4 is 5.56 Å². The summed E-state index contributed by atoms with van der Waals surface area (Å²) in [6.07, 6.45) is 0.356. The van der Waals surface area contributed by atoms with Crippen molar-refractivity contribution in [3.8, 4) is 11.1 Å². The van der Waals surface area contributed by atoms with Crippen molar-refractivity contribution in [2.45, 2.75) is 39.7 Å². The Morgan fingerprint density at radius 3 is 2.61 bits per heavy atom. The fraction of sp³-hybridized carbons (Fsp3) is 0.381. The van der Waals surface area contributed by atoms with Crippen LogP contribution in [0.1, 0.15) is 30.8 Å². The number of thiophene rings is 1. The topological polar surface area (TPSA) is 81.4 Å². The number of fused-ring (bicyclic) bond motifs is 1. The number of hydrogen-bond acceptors (Lipinski definition) is 5. The van der Waals surface area contributed by atoms with Gasteiger partial charge in [0.25, 0.3) is 5.56 Å². The van der Waals surface area contributed by atoms with E-state index in [-0.39, 0.29) is 5.56 Å². The summed E-state index contributed by atoms with van der Waals surface area (Å²) in [5, 5.41) is 12.1. The predicted molar refractivity (Wildman–Crippen MR) is 111 cm³/mol. The second-order valence-electron chi connectivity index (χ2n) is 7.40. The second kappa shape index (κ2) is 7.48. The van der Waals surface area contributed by atoms with Crippen LogP contribution in [0.4, 0.5) is 0 Å². The van der Waals surface area contributed by atoms with Crippen molar-refractivity contribution in [2.24, 2.45) is 0 Å². The number of aliphatic carboxylic acids is 1. The molecule has 2 heterocycles. The summed E-state index contributed by atoms with van der Waals surface area (Å²) < 4.78 is 6.42. The second-order valence-corrected chi connectivity index (χ2v) is 8.26. The molecular formula is C21H24N2O4S. The molecule has 1 N–H and O–H groups in total. The fourth-order valence-electron chi connectivity index (χ4n) is 3.19. The average molecular weight is 401 g/mol. The number of rotatable bonds is 6. The molecule has 0 atom stereocenters. The highest BCUT2D eigenvalue weighted by Crippen LogP contribution is 2.33. The number of nitrogens with zero attached hydrogens (tertiary/aromatic N) is 2. The molecule has 0 spiro atoms. The Kier molecular flexibility index (Phi) is 5.41. The highest BCUT2D eigenvalue weighted by molar-refractivity contribution is 7.17. The van der Waals surface area contributed by atoms with Crippen LogP contribution in [-0.4, -0.2) is 34.3 Å². The SMILES string of the molecule is COCCc1nc2scc(-c3ccc(C)c(C)c3)c2c(=O)n1C(C)(C)C(=O)O. The largest absolute Gasteiger partial charge is 0.480 e. The number of carboxylic acid groups (broad SMARTS) is 1. The van der Waals surface area contributed by atoms with E-state index in [1.165, 1.54) is 35.3 Å². The quantitative estimate of drug-likeness (QED) is 0.681. The first-order chi connectivity index (χ1) is 13.2. The Morgan fingerprint density at radius 2 is 2.00 bits per heavy atom. The maximum Gasteiger partial charge on any atom is 0.329 e. The van der Waals surface area contributed by atoms with E-state index in [4.69, 9.17) is 4.74 Å². The fourth-order valence-corrected chi connectivity index (χ4v) is 4.14. The first-order valence-corrected chi connectivity index (χ1v) is 9.90. The summed E-state index contributed by atoms with van der Waals surface area (Å²) in [5.74, 6) is -0.669. The summed E-state index contributed by atoms with van der Waals surface area (Å²) in [7, 11) is 1.56. The molecule has 7 heteroatoms. The van der Waals surface area contributed by atoms with Gasteiger partial charge in [-0.15, -0.1) is 11.3 Å². The van der Waals surface area contributed by atoms with E-state index in [1.54, 1.807) is 7.11 Å². The highest BCUT2D eigenvalue weighted by atomic mass is 32.1. The number of carboxylic acids is 1. The molecule has 1 aromatic carbocycles. The van der Waals surface area contributed by atoms with Crippen molar-refractivity contribution in [1.29, 1.82) is 0 Å². The predicted octanol–water partition coefficient (Wildman–Crippen LogP) is 3.75. The zero-order chi connectivity index (χ0) is 20.6. The minimum Gasteiger partial charge on any atom is -0.480 e. The maximum atomic E-state index is 13.5. The Morgan fingerprint density at radius 1 is 1.29 bits per heavy atom. The number of hydrogen-bond donors (Lipinski definition) is 1. The molecule has 0 unspecified atom stereocenters. The molecule has 148 valence electrons. The maximum absolute atomic E-state index is 13.5. The summed E-state index contributed by atoms with van der Waals surface area (Å²) in [6.45, 7) is 7.45. The van der Waals surface area contributed by atoms with Gasteiger partial charge in [-0.1, -0.05) is 18.2 Å². The molecule has 0 fully saturated rings. The van der Waals surface area contributed by atoms with Crippen LogP contribution in [0, 0.1) is 13.8 Å². The van der Waals surface area contributed by atoms with Gasteiger partial charge in [-0.05, 0) is 44.4 Å². The van der Waals surface area contributed by atoms with Gasteiger partial charge in [-0.2, -0.15) is 0 Å². The van der Waals surface area contributed by atoms with Gasteiger partial charge in [-0.3, -0.25) is 9.36 Å². The van der Waals surface area contributed by atoms with Crippen molar-refractivity contribution in [2.75, 3.05) is 13.7 Å². The van der Waals surface area contributed by atoms with E-state index in [1.807, 2.05) is 37.4 Å². The third-order valence-corrected chi connectivity index (χ3v) is 5.98. The van der Waals surface area contributed by atoms with Crippen LogP contribution in [-0.2, 0) is 21.5 Å². The summed E-state index contributed by atoms with van der Waals surface area (Å²) in [6, 6.07) is 6.05. The minimum absolute atomic E-state index is 0.335. The molecule has 0 bridgehead atoms. The third-order valence-electron chi connectivity index (χ3n) is 5.11. The number of carbonyl (C=O) groups is 1. The summed E-state index contributed by atoms with van der Waals surface area (Å²) in [5.41, 5.74) is 2.26. The molecule has 0 radical (unpaired) electrons. The van der Waals surface area contributed by atoms with Crippen LogP contribution in [0.5, 0.6) is 0 Å². The van der Waals surface area contributed by atoms with Crippen molar-refractivity contribution < 1.29 is 14.6 Å². The van der Waals surface area contributed by atoms with E-state index in [9.17, 15) is 14.7 Å². The van der Waals surface area contributed by atoms with Crippen LogP contribution >= 0.6 is 11.3 Å². The molecular weight excluding hydrogens is 376 g/mol. The number of methoxy groups -OCH3 is 1. The minimum atomic E-state index is -1.43. The smallest absolute Gasteiger partial charge is 0.329 e. The van der Waals surface area contributed by atoms with Crippen LogP contribution in [0.3, 0.4) is 0 Å². The average Bonchev–Trinajstić information content (AvgIpc) is 3.06. The van der Waals surface area contributed by atoms with E-state index in [0.29, 0.717) is 29.1 Å². The lowest BCUT2D eigenvalue weighted by Gasteiger charge is -2.25. The Balaban J connectivity index is 2.33. The molecule has 6 nitrogen and oxygen atoms in total. The highest BCUT2D eigenvalue weighted by Gasteiger charge is 2.34. The van der Waals surface area contributed by atoms with Gasteiger partial charge in [0.2, 0.25) is 0 Å². The Labute approximate surface area is 167 Å². The number of benzene rings is 1. The van der Waals surface area contributed by atoms with E-state index < -0.39 is 11.5 Å². The zero-order valence-electron chi connectivity index (χ0n) is 16.7. The lowest BCUT2D eigenvalue weighted by molar-refractivity contribution is -0.146. The number of aromatic nitrogens is 2. The molecule has 0 aliphatic rings. The first-order valence-electron chi connectivity index (χ1n) is 9.02. The molecule has 3 rings (SSSR count). The monoisotopic (exact) mass is 400 g/mol. The molecule has 2 aromatic heterocycles. The van der Waals surface area contributed by atoms with Crippen molar-refractivity contribution >= 4 is 27.5 Å². The third kappa shape index (κ3) is 3.36. The van der Waals surface area contributed by atoms with Crippen LogP contribution in [0.2, 0.25) is 0 Å². The van der Waals surface area contributed by atoms with Crippen molar-refractivity contribution in [3.05, 3.63) is 50.9 Å². The summed E-state index contributed by atoms with van der Waals surface area (Å²) >= 11 is 1.40. The van der Waals surface area contributed by atoms with E-state index >= 15 is 0 Å². The zero-order valence-corrected chi connectivity index (χ0v) is 17.5. The summed E-state index contributed by atoms with van der Waals surface area (Å²) in [4.78, 5) is 30.7. The molecule has 0 aliphatic heterocycles.